The molecule has 0 saturated carbocycles. The Labute approximate surface area is 74.9 Å². The van der Waals surface area contributed by atoms with Crippen LogP contribution >= 0.6 is 0 Å². The second-order valence-electron chi connectivity index (χ2n) is 2.95. The van der Waals surface area contributed by atoms with Gasteiger partial charge in [0.1, 0.15) is 11.3 Å². The van der Waals surface area contributed by atoms with Crippen molar-refractivity contribution in [3.63, 3.8) is 0 Å². The zero-order valence-electron chi connectivity index (χ0n) is 7.48. The van der Waals surface area contributed by atoms with Crippen molar-refractivity contribution in [2.75, 3.05) is 0 Å². The lowest BCUT2D eigenvalue weighted by atomic mass is 10.3. The Morgan fingerprint density at radius 3 is 3.00 bits per heavy atom. The molecule has 2 aromatic heterocycles. The Morgan fingerprint density at radius 2 is 2.23 bits per heavy atom. The molecule has 0 unspecified atom stereocenters. The van der Waals surface area contributed by atoms with E-state index in [9.17, 15) is 4.79 Å². The zero-order chi connectivity index (χ0) is 9.42. The first-order chi connectivity index (χ1) is 6.18. The van der Waals surface area contributed by atoms with Crippen molar-refractivity contribution in [2.45, 2.75) is 6.92 Å². The minimum absolute atomic E-state index is 0.0806. The van der Waals surface area contributed by atoms with E-state index < -0.39 is 0 Å². The van der Waals surface area contributed by atoms with Gasteiger partial charge in [-0.05, 0) is 13.0 Å². The lowest BCUT2D eigenvalue weighted by Crippen LogP contribution is -2.17. The van der Waals surface area contributed by atoms with Crippen LogP contribution in [0.15, 0.2) is 23.3 Å². The second-order valence-corrected chi connectivity index (χ2v) is 2.95. The molecule has 0 spiro atoms. The minimum atomic E-state index is -0.0806. The van der Waals surface area contributed by atoms with E-state index in [1.54, 1.807) is 26.4 Å². The van der Waals surface area contributed by atoms with Crippen LogP contribution in [-0.4, -0.2) is 14.5 Å². The third-order valence-corrected chi connectivity index (χ3v) is 1.94. The first-order valence-electron chi connectivity index (χ1n) is 3.97. The number of aromatic nitrogens is 3. The molecule has 0 atom stereocenters. The van der Waals surface area contributed by atoms with Gasteiger partial charge in [0.05, 0.1) is 0 Å². The van der Waals surface area contributed by atoms with E-state index in [0.29, 0.717) is 11.3 Å². The number of fused-ring (bicyclic) bond motifs is 1. The molecule has 4 heteroatoms. The summed E-state index contributed by atoms with van der Waals surface area (Å²) in [6.07, 6.45) is 3.38. The number of pyridine rings is 1. The molecule has 2 heterocycles. The summed E-state index contributed by atoms with van der Waals surface area (Å²) >= 11 is 0. The second kappa shape index (κ2) is 2.65. The lowest BCUT2D eigenvalue weighted by molar-refractivity contribution is 0.865. The molecule has 2 rings (SSSR count). The Morgan fingerprint density at radius 1 is 1.46 bits per heavy atom. The van der Waals surface area contributed by atoms with Crippen molar-refractivity contribution in [1.82, 2.24) is 14.5 Å². The first kappa shape index (κ1) is 7.91. The maximum absolute atomic E-state index is 11.6. The fourth-order valence-corrected chi connectivity index (χ4v) is 1.20. The molecule has 0 N–H and O–H groups in total. The highest BCUT2D eigenvalue weighted by Crippen LogP contribution is 2.03. The summed E-state index contributed by atoms with van der Waals surface area (Å²) in [6.45, 7) is 1.77. The van der Waals surface area contributed by atoms with Crippen molar-refractivity contribution in [1.29, 1.82) is 0 Å². The SMILES string of the molecule is Cc1ncc2ccn(C)c(=O)c2n1. The van der Waals surface area contributed by atoms with Crippen LogP contribution in [0.3, 0.4) is 0 Å². The number of nitrogens with zero attached hydrogens (tertiary/aromatic N) is 3. The van der Waals surface area contributed by atoms with E-state index in [1.807, 2.05) is 6.07 Å². The third kappa shape index (κ3) is 1.20. The topological polar surface area (TPSA) is 47.8 Å². The van der Waals surface area contributed by atoms with Crippen LogP contribution in [0.5, 0.6) is 0 Å². The molecule has 0 bridgehead atoms. The van der Waals surface area contributed by atoms with Gasteiger partial charge < -0.3 is 4.57 Å². The van der Waals surface area contributed by atoms with E-state index in [2.05, 4.69) is 9.97 Å². The van der Waals surface area contributed by atoms with Crippen molar-refractivity contribution < 1.29 is 0 Å². The van der Waals surface area contributed by atoms with Gasteiger partial charge in [0, 0.05) is 24.8 Å². The highest BCUT2D eigenvalue weighted by molar-refractivity contribution is 5.76. The summed E-state index contributed by atoms with van der Waals surface area (Å²) in [4.78, 5) is 19.7. The molecule has 4 nitrogen and oxygen atoms in total. The van der Waals surface area contributed by atoms with Crippen LogP contribution < -0.4 is 5.56 Å². The molecular weight excluding hydrogens is 166 g/mol. The van der Waals surface area contributed by atoms with Gasteiger partial charge in [0.15, 0.2) is 0 Å². The molecule has 0 aromatic carbocycles. The molecule has 0 aliphatic rings. The average molecular weight is 175 g/mol. The number of hydrogen-bond donors (Lipinski definition) is 0. The van der Waals surface area contributed by atoms with E-state index >= 15 is 0 Å². The van der Waals surface area contributed by atoms with Gasteiger partial charge in [-0.15, -0.1) is 0 Å². The van der Waals surface area contributed by atoms with E-state index in [4.69, 9.17) is 0 Å². The summed E-state index contributed by atoms with van der Waals surface area (Å²) in [5, 5.41) is 0.786. The Hall–Kier alpha value is -1.71. The van der Waals surface area contributed by atoms with Gasteiger partial charge in [-0.3, -0.25) is 4.79 Å². The summed E-state index contributed by atoms with van der Waals surface area (Å²) < 4.78 is 1.51. The molecule has 0 amide bonds. The summed E-state index contributed by atoms with van der Waals surface area (Å²) in [6, 6.07) is 1.83. The molecule has 0 radical (unpaired) electrons. The fraction of sp³-hybridized carbons (Fsp3) is 0.222. The summed E-state index contributed by atoms with van der Waals surface area (Å²) in [5.74, 6) is 0.621. The van der Waals surface area contributed by atoms with E-state index in [-0.39, 0.29) is 5.56 Å². The van der Waals surface area contributed by atoms with Crippen LogP contribution in [0.2, 0.25) is 0 Å². The third-order valence-electron chi connectivity index (χ3n) is 1.94. The number of aryl methyl sites for hydroxylation is 2. The van der Waals surface area contributed by atoms with Crippen molar-refractivity contribution in [3.8, 4) is 0 Å². The van der Waals surface area contributed by atoms with Crippen molar-refractivity contribution in [2.24, 2.45) is 7.05 Å². The van der Waals surface area contributed by atoms with Gasteiger partial charge in [-0.2, -0.15) is 0 Å². The maximum atomic E-state index is 11.6. The minimum Gasteiger partial charge on any atom is -0.317 e. The smallest absolute Gasteiger partial charge is 0.276 e. The predicted molar refractivity (Wildman–Crippen MR) is 49.5 cm³/mol. The predicted octanol–water partition coefficient (Wildman–Crippen LogP) is 0.637. The highest BCUT2D eigenvalue weighted by Gasteiger charge is 2.01. The Bertz CT molecular complexity index is 510. The Balaban J connectivity index is 2.97. The molecule has 2 aromatic rings. The van der Waals surface area contributed by atoms with Crippen LogP contribution in [0.4, 0.5) is 0 Å². The van der Waals surface area contributed by atoms with E-state index in [1.165, 1.54) is 4.57 Å². The summed E-state index contributed by atoms with van der Waals surface area (Å²) in [5.41, 5.74) is 0.403. The molecule has 13 heavy (non-hydrogen) atoms. The molecule has 0 aliphatic heterocycles. The number of rotatable bonds is 0. The molecule has 66 valence electrons. The van der Waals surface area contributed by atoms with Crippen molar-refractivity contribution in [3.05, 3.63) is 34.6 Å². The Kier molecular flexibility index (Phi) is 1.62. The molecular formula is C9H9N3O. The van der Waals surface area contributed by atoms with Gasteiger partial charge in [-0.1, -0.05) is 0 Å². The standard InChI is InChI=1S/C9H9N3O/c1-6-10-5-7-3-4-12(2)9(13)8(7)11-6/h3-5H,1-2H3. The highest BCUT2D eigenvalue weighted by atomic mass is 16.1. The fourth-order valence-electron chi connectivity index (χ4n) is 1.20. The van der Waals surface area contributed by atoms with Gasteiger partial charge >= 0.3 is 0 Å². The van der Waals surface area contributed by atoms with Crippen LogP contribution in [0, 0.1) is 6.92 Å². The number of hydrogen-bond acceptors (Lipinski definition) is 3. The quantitative estimate of drug-likeness (QED) is 0.590. The van der Waals surface area contributed by atoms with Crippen LogP contribution in [0.1, 0.15) is 5.82 Å². The lowest BCUT2D eigenvalue weighted by Gasteiger charge is -1.99. The molecule has 0 fully saturated rings. The van der Waals surface area contributed by atoms with Crippen molar-refractivity contribution >= 4 is 10.9 Å². The maximum Gasteiger partial charge on any atom is 0.276 e. The zero-order valence-corrected chi connectivity index (χ0v) is 7.48. The summed E-state index contributed by atoms with van der Waals surface area (Å²) in [7, 11) is 1.71. The first-order valence-corrected chi connectivity index (χ1v) is 3.97. The van der Waals surface area contributed by atoms with Crippen LogP contribution in [-0.2, 0) is 7.05 Å². The monoisotopic (exact) mass is 175 g/mol. The van der Waals surface area contributed by atoms with Gasteiger partial charge in [-0.25, -0.2) is 9.97 Å². The van der Waals surface area contributed by atoms with Gasteiger partial charge in [0.25, 0.3) is 5.56 Å². The largest absolute Gasteiger partial charge is 0.317 e. The molecule has 0 saturated heterocycles. The molecule has 0 aliphatic carbocycles. The van der Waals surface area contributed by atoms with Gasteiger partial charge in [0.2, 0.25) is 0 Å². The van der Waals surface area contributed by atoms with Crippen LogP contribution in [0.25, 0.3) is 10.9 Å². The normalized spacial score (nSPS) is 10.6. The van der Waals surface area contributed by atoms with E-state index in [0.717, 1.165) is 5.39 Å². The average Bonchev–Trinajstić information content (AvgIpc) is 2.12.